The van der Waals surface area contributed by atoms with Crippen molar-refractivity contribution in [3.63, 3.8) is 0 Å². The van der Waals surface area contributed by atoms with Gasteiger partial charge in [-0.2, -0.15) is 0 Å². The van der Waals surface area contributed by atoms with Gasteiger partial charge in [-0.15, -0.1) is 0 Å². The first-order chi connectivity index (χ1) is 12.8. The molecule has 0 aliphatic carbocycles. The number of rotatable bonds is 5. The lowest BCUT2D eigenvalue weighted by atomic mass is 9.76. The average Bonchev–Trinajstić information content (AvgIpc) is 3.26. The van der Waals surface area contributed by atoms with E-state index < -0.39 is 17.3 Å². The summed E-state index contributed by atoms with van der Waals surface area (Å²) in [6, 6.07) is 7.16. The highest BCUT2D eigenvalue weighted by atomic mass is 16.5. The number of nitrogens with zero attached hydrogens (tertiary/aromatic N) is 2. The zero-order chi connectivity index (χ0) is 19.8. The highest BCUT2D eigenvalue weighted by molar-refractivity contribution is 6.00. The molecule has 7 heteroatoms. The Labute approximate surface area is 158 Å². The smallest absolute Gasteiger partial charge is 0.311 e. The molecule has 0 bridgehead atoms. The molecule has 2 heterocycles. The van der Waals surface area contributed by atoms with Gasteiger partial charge in [0.15, 0.2) is 0 Å². The van der Waals surface area contributed by atoms with E-state index in [2.05, 4.69) is 0 Å². The predicted octanol–water partition coefficient (Wildman–Crippen LogP) is 2.01. The Morgan fingerprint density at radius 3 is 2.44 bits per heavy atom. The molecular weight excluding hydrogens is 348 g/mol. The molecule has 2 aliphatic rings. The highest BCUT2D eigenvalue weighted by Gasteiger charge is 2.50. The monoisotopic (exact) mass is 374 g/mol. The Morgan fingerprint density at radius 1 is 1.26 bits per heavy atom. The summed E-state index contributed by atoms with van der Waals surface area (Å²) in [5, 5.41) is 9.66. The van der Waals surface area contributed by atoms with Crippen LogP contribution in [0.15, 0.2) is 24.3 Å². The van der Waals surface area contributed by atoms with Gasteiger partial charge in [0.25, 0.3) is 0 Å². The van der Waals surface area contributed by atoms with Crippen molar-refractivity contribution in [1.29, 1.82) is 0 Å². The number of likely N-dealkylation sites (tertiary alicyclic amines) is 1. The molecule has 2 aliphatic heterocycles. The fraction of sp³-hybridized carbons (Fsp3) is 0.550. The number of carbonyl (C=O) groups excluding carboxylic acids is 2. The van der Waals surface area contributed by atoms with Crippen LogP contribution in [-0.2, 0) is 14.4 Å². The van der Waals surface area contributed by atoms with E-state index in [4.69, 9.17) is 4.74 Å². The summed E-state index contributed by atoms with van der Waals surface area (Å²) < 4.78 is 5.13. The van der Waals surface area contributed by atoms with Gasteiger partial charge in [-0.05, 0) is 36.6 Å². The SMILES string of the molecule is COc1ccc(N2CC(C(=O)N3CCC(C(=O)O)(C(C)C)C3)CC2=O)cc1. The molecule has 146 valence electrons. The molecule has 0 saturated carbocycles. The number of carbonyl (C=O) groups is 3. The first-order valence-corrected chi connectivity index (χ1v) is 9.25. The number of benzene rings is 1. The summed E-state index contributed by atoms with van der Waals surface area (Å²) in [7, 11) is 1.58. The van der Waals surface area contributed by atoms with Crippen LogP contribution in [0.3, 0.4) is 0 Å². The quantitative estimate of drug-likeness (QED) is 0.852. The van der Waals surface area contributed by atoms with E-state index >= 15 is 0 Å². The number of hydrogen-bond donors (Lipinski definition) is 1. The predicted molar refractivity (Wildman–Crippen MR) is 99.6 cm³/mol. The summed E-state index contributed by atoms with van der Waals surface area (Å²) in [5.74, 6) is -0.858. The Kier molecular flexibility index (Phi) is 5.13. The molecule has 3 rings (SSSR count). The second kappa shape index (κ2) is 7.21. The number of carboxylic acids is 1. The molecule has 0 aromatic heterocycles. The lowest BCUT2D eigenvalue weighted by Crippen LogP contribution is -2.42. The maximum Gasteiger partial charge on any atom is 0.311 e. The van der Waals surface area contributed by atoms with Crippen LogP contribution in [-0.4, -0.2) is 54.5 Å². The topological polar surface area (TPSA) is 87.2 Å². The molecule has 2 fully saturated rings. The van der Waals surface area contributed by atoms with E-state index in [9.17, 15) is 19.5 Å². The molecule has 7 nitrogen and oxygen atoms in total. The van der Waals surface area contributed by atoms with Crippen LogP contribution in [0, 0.1) is 17.3 Å². The third-order valence-electron chi connectivity index (χ3n) is 6.00. The van der Waals surface area contributed by atoms with Gasteiger partial charge in [-0.3, -0.25) is 14.4 Å². The second-order valence-corrected chi connectivity index (χ2v) is 7.73. The maximum absolute atomic E-state index is 12.9. The average molecular weight is 374 g/mol. The lowest BCUT2D eigenvalue weighted by Gasteiger charge is -2.29. The van der Waals surface area contributed by atoms with Gasteiger partial charge in [-0.1, -0.05) is 13.8 Å². The Morgan fingerprint density at radius 2 is 1.93 bits per heavy atom. The molecular formula is C20H26N2O5. The van der Waals surface area contributed by atoms with Crippen molar-refractivity contribution in [3.05, 3.63) is 24.3 Å². The number of ether oxygens (including phenoxy) is 1. The Hall–Kier alpha value is -2.57. The highest BCUT2D eigenvalue weighted by Crippen LogP contribution is 2.39. The van der Waals surface area contributed by atoms with Crippen LogP contribution in [0.2, 0.25) is 0 Å². The fourth-order valence-corrected chi connectivity index (χ4v) is 4.06. The van der Waals surface area contributed by atoms with Crippen molar-refractivity contribution in [2.24, 2.45) is 17.3 Å². The van der Waals surface area contributed by atoms with Crippen LogP contribution >= 0.6 is 0 Å². The van der Waals surface area contributed by atoms with Gasteiger partial charge < -0.3 is 19.6 Å². The first kappa shape index (κ1) is 19.2. The molecule has 2 atom stereocenters. The van der Waals surface area contributed by atoms with Crippen LogP contribution in [0.25, 0.3) is 0 Å². The van der Waals surface area contributed by atoms with E-state index in [1.165, 1.54) is 0 Å². The minimum atomic E-state index is -0.895. The maximum atomic E-state index is 12.9. The number of anilines is 1. The van der Waals surface area contributed by atoms with Crippen molar-refractivity contribution in [1.82, 2.24) is 4.90 Å². The van der Waals surface area contributed by atoms with Gasteiger partial charge in [0, 0.05) is 31.7 Å². The van der Waals surface area contributed by atoms with Crippen LogP contribution in [0.1, 0.15) is 26.7 Å². The molecule has 2 amide bonds. The van der Waals surface area contributed by atoms with Gasteiger partial charge in [-0.25, -0.2) is 0 Å². The number of amides is 2. The first-order valence-electron chi connectivity index (χ1n) is 9.25. The third-order valence-corrected chi connectivity index (χ3v) is 6.00. The second-order valence-electron chi connectivity index (χ2n) is 7.73. The zero-order valence-corrected chi connectivity index (χ0v) is 16.0. The van der Waals surface area contributed by atoms with Crippen molar-refractivity contribution < 1.29 is 24.2 Å². The number of aliphatic carboxylic acids is 1. The van der Waals surface area contributed by atoms with E-state index in [0.29, 0.717) is 25.3 Å². The van der Waals surface area contributed by atoms with E-state index in [0.717, 1.165) is 5.69 Å². The summed E-state index contributed by atoms with van der Waals surface area (Å²) in [5.41, 5.74) is -0.159. The van der Waals surface area contributed by atoms with Crippen LogP contribution in [0.5, 0.6) is 5.75 Å². The van der Waals surface area contributed by atoms with Gasteiger partial charge in [0.2, 0.25) is 11.8 Å². The van der Waals surface area contributed by atoms with Crippen molar-refractivity contribution in [2.45, 2.75) is 26.7 Å². The van der Waals surface area contributed by atoms with Crippen molar-refractivity contribution in [3.8, 4) is 5.75 Å². The standard InChI is InChI=1S/C20H26N2O5/c1-13(2)20(19(25)26)8-9-21(12-20)18(24)14-10-17(23)22(11-14)15-4-6-16(27-3)7-5-15/h4-7,13-14H,8-12H2,1-3H3,(H,25,26). The molecule has 1 N–H and O–H groups in total. The van der Waals surface area contributed by atoms with Gasteiger partial charge in [0.05, 0.1) is 18.4 Å². The van der Waals surface area contributed by atoms with Crippen molar-refractivity contribution in [2.75, 3.05) is 31.6 Å². The molecule has 0 radical (unpaired) electrons. The third kappa shape index (κ3) is 3.38. The summed E-state index contributed by atoms with van der Waals surface area (Å²) >= 11 is 0. The largest absolute Gasteiger partial charge is 0.497 e. The van der Waals surface area contributed by atoms with E-state index in [1.54, 1.807) is 41.2 Å². The molecule has 0 spiro atoms. The van der Waals surface area contributed by atoms with Gasteiger partial charge >= 0.3 is 5.97 Å². The molecule has 2 saturated heterocycles. The summed E-state index contributed by atoms with van der Waals surface area (Å²) in [6.45, 7) is 4.73. The fourth-order valence-electron chi connectivity index (χ4n) is 4.06. The Bertz CT molecular complexity index is 745. The number of methoxy groups -OCH3 is 1. The molecule has 2 unspecified atom stereocenters. The molecule has 1 aromatic carbocycles. The summed E-state index contributed by atoms with van der Waals surface area (Å²) in [6.07, 6.45) is 0.609. The van der Waals surface area contributed by atoms with E-state index in [1.807, 2.05) is 13.8 Å². The lowest BCUT2D eigenvalue weighted by molar-refractivity contribution is -0.151. The molecule has 1 aromatic rings. The minimum Gasteiger partial charge on any atom is -0.497 e. The minimum absolute atomic E-state index is 0.0613. The number of carboxylic acid groups (broad SMARTS) is 1. The summed E-state index contributed by atoms with van der Waals surface area (Å²) in [4.78, 5) is 40.4. The molecule has 27 heavy (non-hydrogen) atoms. The Balaban J connectivity index is 1.70. The van der Waals surface area contributed by atoms with Crippen LogP contribution in [0.4, 0.5) is 5.69 Å². The van der Waals surface area contributed by atoms with Crippen LogP contribution < -0.4 is 9.64 Å². The van der Waals surface area contributed by atoms with Crippen molar-refractivity contribution >= 4 is 23.5 Å². The van der Waals surface area contributed by atoms with Gasteiger partial charge in [0.1, 0.15) is 5.75 Å². The van der Waals surface area contributed by atoms with E-state index in [-0.39, 0.29) is 30.7 Å². The zero-order valence-electron chi connectivity index (χ0n) is 16.0. The normalized spacial score (nSPS) is 25.3. The number of hydrogen-bond acceptors (Lipinski definition) is 4.